The van der Waals surface area contributed by atoms with E-state index in [4.69, 9.17) is 9.40 Å². The van der Waals surface area contributed by atoms with Crippen molar-refractivity contribution in [2.45, 2.75) is 58.4 Å². The van der Waals surface area contributed by atoms with Crippen molar-refractivity contribution < 1.29 is 14.0 Å². The Bertz CT molecular complexity index is 1460. The molecule has 2 N–H and O–H groups in total. The summed E-state index contributed by atoms with van der Waals surface area (Å²) in [4.78, 5) is 29.8. The molecule has 1 aliphatic rings. The first-order chi connectivity index (χ1) is 18.2. The Balaban J connectivity index is 1.51. The molecule has 0 spiro atoms. The second-order valence-electron chi connectivity index (χ2n) is 10.9. The van der Waals surface area contributed by atoms with Gasteiger partial charge in [-0.15, -0.1) is 0 Å². The lowest BCUT2D eigenvalue weighted by Gasteiger charge is -2.26. The fourth-order valence-electron chi connectivity index (χ4n) is 4.94. The quantitative estimate of drug-likeness (QED) is 0.302. The minimum absolute atomic E-state index is 0.0251. The Morgan fingerprint density at radius 3 is 2.29 bits per heavy atom. The fourth-order valence-corrected chi connectivity index (χ4v) is 4.94. The third kappa shape index (κ3) is 5.40. The van der Waals surface area contributed by atoms with E-state index in [2.05, 4.69) is 55.7 Å². The Kier molecular flexibility index (Phi) is 6.89. The first-order valence-corrected chi connectivity index (χ1v) is 13.1. The summed E-state index contributed by atoms with van der Waals surface area (Å²) in [6.45, 7) is 7.97. The number of amides is 2. The van der Waals surface area contributed by atoms with Crippen LogP contribution in [-0.2, 0) is 16.6 Å². The number of hydrogen-bond donors (Lipinski definition) is 2. The lowest BCUT2D eigenvalue weighted by Crippen LogP contribution is -2.31. The van der Waals surface area contributed by atoms with E-state index in [0.717, 1.165) is 30.4 Å². The molecule has 1 atom stereocenters. The summed E-state index contributed by atoms with van der Waals surface area (Å²) >= 11 is 0. The zero-order chi connectivity index (χ0) is 26.9. The molecule has 0 fully saturated rings. The van der Waals surface area contributed by atoms with Crippen LogP contribution in [0.3, 0.4) is 0 Å². The summed E-state index contributed by atoms with van der Waals surface area (Å²) in [5.41, 5.74) is 6.09. The van der Waals surface area contributed by atoms with E-state index in [1.807, 2.05) is 36.4 Å². The molecule has 1 unspecified atom stereocenters. The van der Waals surface area contributed by atoms with Crippen LogP contribution < -0.4 is 10.6 Å². The normalized spacial score (nSPS) is 15.0. The Hall–Kier alpha value is -4.19. The number of benzene rings is 3. The number of carbonyl (C=O) groups excluding carboxylic acids is 2. The Morgan fingerprint density at radius 1 is 0.921 bits per heavy atom. The topological polar surface area (TPSA) is 84.2 Å². The first kappa shape index (κ1) is 25.5. The van der Waals surface area contributed by atoms with Gasteiger partial charge in [-0.25, -0.2) is 4.98 Å². The van der Waals surface area contributed by atoms with Gasteiger partial charge in [-0.05, 0) is 77.8 Å². The van der Waals surface area contributed by atoms with Crippen molar-refractivity contribution in [2.24, 2.45) is 0 Å². The molecule has 38 heavy (non-hydrogen) atoms. The average molecular weight is 508 g/mol. The van der Waals surface area contributed by atoms with E-state index in [1.54, 1.807) is 12.1 Å². The molecule has 0 saturated carbocycles. The van der Waals surface area contributed by atoms with Gasteiger partial charge in [0, 0.05) is 23.7 Å². The number of carbonyl (C=O) groups is 2. The van der Waals surface area contributed by atoms with Crippen LogP contribution in [0.15, 0.2) is 77.2 Å². The van der Waals surface area contributed by atoms with Gasteiger partial charge in [-0.3, -0.25) is 9.59 Å². The highest BCUT2D eigenvalue weighted by Gasteiger charge is 2.27. The van der Waals surface area contributed by atoms with E-state index < -0.39 is 0 Å². The van der Waals surface area contributed by atoms with Gasteiger partial charge < -0.3 is 15.1 Å². The van der Waals surface area contributed by atoms with E-state index >= 15 is 0 Å². The summed E-state index contributed by atoms with van der Waals surface area (Å²) in [5, 5.41) is 5.98. The summed E-state index contributed by atoms with van der Waals surface area (Å²) in [7, 11) is 0. The average Bonchev–Trinajstić information content (AvgIpc) is 3.34. The fraction of sp³-hybridized carbons (Fsp3) is 0.281. The van der Waals surface area contributed by atoms with E-state index in [0.29, 0.717) is 22.9 Å². The van der Waals surface area contributed by atoms with Gasteiger partial charge in [-0.2, -0.15) is 0 Å². The van der Waals surface area contributed by atoms with Gasteiger partial charge in [0.05, 0.1) is 6.04 Å². The molecule has 3 aromatic carbocycles. The molecule has 1 heterocycles. The highest BCUT2D eigenvalue weighted by Crippen LogP contribution is 2.34. The van der Waals surface area contributed by atoms with Crippen molar-refractivity contribution in [3.05, 3.63) is 95.2 Å². The highest BCUT2D eigenvalue weighted by molar-refractivity contribution is 5.99. The smallest absolute Gasteiger partial charge is 0.274 e. The number of aromatic nitrogens is 1. The largest absolute Gasteiger partial charge is 0.435 e. The number of oxazole rings is 1. The molecule has 0 radical (unpaired) electrons. The number of nitrogens with one attached hydrogen (secondary N) is 2. The third-order valence-corrected chi connectivity index (χ3v) is 6.98. The molecule has 4 aromatic rings. The zero-order valence-electron chi connectivity index (χ0n) is 22.3. The van der Waals surface area contributed by atoms with Crippen molar-refractivity contribution >= 4 is 17.5 Å². The summed E-state index contributed by atoms with van der Waals surface area (Å²) in [5.74, 6) is 0.372. The molecule has 1 aliphatic carbocycles. The highest BCUT2D eigenvalue weighted by atomic mass is 16.4. The zero-order valence-corrected chi connectivity index (χ0v) is 22.3. The van der Waals surface area contributed by atoms with E-state index in [1.165, 1.54) is 18.1 Å². The lowest BCUT2D eigenvalue weighted by molar-refractivity contribution is -0.114. The van der Waals surface area contributed by atoms with Gasteiger partial charge in [0.25, 0.3) is 5.91 Å². The van der Waals surface area contributed by atoms with Crippen LogP contribution in [0.5, 0.6) is 0 Å². The van der Waals surface area contributed by atoms with Gasteiger partial charge in [0.15, 0.2) is 11.5 Å². The number of aryl methyl sites for hydroxylation is 1. The predicted molar refractivity (Wildman–Crippen MR) is 150 cm³/mol. The van der Waals surface area contributed by atoms with Crippen LogP contribution in [0.4, 0.5) is 5.69 Å². The van der Waals surface area contributed by atoms with Gasteiger partial charge >= 0.3 is 0 Å². The monoisotopic (exact) mass is 507 g/mol. The molecule has 6 heteroatoms. The number of nitrogens with zero attached hydrogens (tertiary/aromatic N) is 1. The molecule has 0 aliphatic heterocycles. The molecular formula is C32H33N3O3. The number of hydrogen-bond acceptors (Lipinski definition) is 4. The van der Waals surface area contributed by atoms with Crippen molar-refractivity contribution in [2.75, 3.05) is 5.32 Å². The number of anilines is 1. The molecule has 1 aromatic heterocycles. The van der Waals surface area contributed by atoms with Crippen LogP contribution in [0.2, 0.25) is 0 Å². The predicted octanol–water partition coefficient (Wildman–Crippen LogP) is 7.07. The van der Waals surface area contributed by atoms with Crippen molar-refractivity contribution in [1.29, 1.82) is 0 Å². The molecule has 2 amide bonds. The van der Waals surface area contributed by atoms with Gasteiger partial charge in [-0.1, -0.05) is 57.2 Å². The molecular weight excluding hydrogens is 474 g/mol. The first-order valence-electron chi connectivity index (χ1n) is 13.1. The number of rotatable bonds is 5. The molecule has 0 saturated heterocycles. The SMILES string of the molecule is CC(=O)Nc1ccc(-c2oc(-c3ccc(C(C)(C)C)cc3)nc2C(=O)NC2CCCc3ccccc32)cc1. The van der Waals surface area contributed by atoms with Crippen molar-refractivity contribution in [1.82, 2.24) is 10.3 Å². The molecule has 194 valence electrons. The van der Waals surface area contributed by atoms with Gasteiger partial charge in [0.2, 0.25) is 11.8 Å². The minimum Gasteiger partial charge on any atom is -0.435 e. The minimum atomic E-state index is -0.269. The van der Waals surface area contributed by atoms with Crippen LogP contribution in [0, 0.1) is 0 Å². The van der Waals surface area contributed by atoms with E-state index in [9.17, 15) is 9.59 Å². The number of fused-ring (bicyclic) bond motifs is 1. The summed E-state index contributed by atoms with van der Waals surface area (Å²) < 4.78 is 6.25. The van der Waals surface area contributed by atoms with Crippen LogP contribution in [-0.4, -0.2) is 16.8 Å². The summed E-state index contributed by atoms with van der Waals surface area (Å²) in [6.07, 6.45) is 2.92. The molecule has 0 bridgehead atoms. The summed E-state index contributed by atoms with van der Waals surface area (Å²) in [6, 6.07) is 23.5. The standard InChI is InChI=1S/C32H33N3O3/c1-20(36)33-25-18-14-22(15-19-25)29-28(30(37)34-27-11-7-9-21-8-5-6-10-26(21)27)35-31(38-29)23-12-16-24(17-13-23)32(2,3)4/h5-6,8,10,12-19,27H,7,9,11H2,1-4H3,(H,33,36)(H,34,37). The second-order valence-corrected chi connectivity index (χ2v) is 10.9. The van der Waals surface area contributed by atoms with Crippen LogP contribution >= 0.6 is 0 Å². The Labute approximate surface area is 223 Å². The maximum atomic E-state index is 13.7. The molecule has 6 nitrogen and oxygen atoms in total. The Morgan fingerprint density at radius 2 is 1.61 bits per heavy atom. The van der Waals surface area contributed by atoms with Crippen LogP contribution in [0.1, 0.15) is 73.8 Å². The van der Waals surface area contributed by atoms with Crippen molar-refractivity contribution in [3.8, 4) is 22.8 Å². The third-order valence-electron chi connectivity index (χ3n) is 6.98. The molecule has 5 rings (SSSR count). The maximum Gasteiger partial charge on any atom is 0.274 e. The second kappa shape index (κ2) is 10.3. The van der Waals surface area contributed by atoms with Crippen LogP contribution in [0.25, 0.3) is 22.8 Å². The van der Waals surface area contributed by atoms with E-state index in [-0.39, 0.29) is 29.0 Å². The lowest BCUT2D eigenvalue weighted by atomic mass is 9.87. The maximum absolute atomic E-state index is 13.7. The van der Waals surface area contributed by atoms with Gasteiger partial charge in [0.1, 0.15) is 0 Å². The van der Waals surface area contributed by atoms with Crippen molar-refractivity contribution in [3.63, 3.8) is 0 Å².